The maximum atomic E-state index is 5.34. The summed E-state index contributed by atoms with van der Waals surface area (Å²) >= 11 is 3.46. The highest BCUT2D eigenvalue weighted by atomic mass is 32.1. The summed E-state index contributed by atoms with van der Waals surface area (Å²) in [5, 5.41) is 10.3. The van der Waals surface area contributed by atoms with Crippen molar-refractivity contribution in [1.82, 2.24) is 9.97 Å². The first kappa shape index (κ1) is 20.2. The van der Waals surface area contributed by atoms with Gasteiger partial charge in [-0.15, -0.1) is 22.7 Å². The van der Waals surface area contributed by atoms with Gasteiger partial charge in [-0.05, 0) is 42.5 Å². The van der Waals surface area contributed by atoms with E-state index in [1.54, 1.807) is 29.8 Å². The standard InChI is InChI=1S/C25H25N3OS2/c1-29-21-9-5-8-18(13-21)12-20-15-31-25(26-20)28-22(14-17-6-3-2-4-7-17)23-16-30-24(27-23)19-10-11-19/h2-9,13,15-16,19,22H,10-12,14H2,1H3,(H,26,28)/t22-/m0/s1. The number of thiazole rings is 2. The molecule has 0 aliphatic heterocycles. The monoisotopic (exact) mass is 447 g/mol. The lowest BCUT2D eigenvalue weighted by Gasteiger charge is -2.16. The molecule has 158 valence electrons. The van der Waals surface area contributed by atoms with Gasteiger partial charge in [-0.1, -0.05) is 42.5 Å². The zero-order valence-electron chi connectivity index (χ0n) is 17.5. The number of methoxy groups -OCH3 is 1. The van der Waals surface area contributed by atoms with Gasteiger partial charge in [0, 0.05) is 23.1 Å². The first-order chi connectivity index (χ1) is 15.3. The molecule has 2 aromatic carbocycles. The molecule has 1 aliphatic rings. The Balaban J connectivity index is 1.33. The van der Waals surface area contributed by atoms with Crippen LogP contribution in [0.25, 0.3) is 0 Å². The molecular formula is C25H25N3OS2. The molecule has 1 atom stereocenters. The van der Waals surface area contributed by atoms with Gasteiger partial charge in [-0.3, -0.25) is 0 Å². The number of anilines is 1. The minimum atomic E-state index is 0.113. The molecule has 31 heavy (non-hydrogen) atoms. The highest BCUT2D eigenvalue weighted by molar-refractivity contribution is 7.13. The van der Waals surface area contributed by atoms with Gasteiger partial charge in [0.2, 0.25) is 0 Å². The van der Waals surface area contributed by atoms with Gasteiger partial charge in [-0.2, -0.15) is 0 Å². The summed E-state index contributed by atoms with van der Waals surface area (Å²) in [5.41, 5.74) is 4.69. The Morgan fingerprint density at radius 1 is 1.00 bits per heavy atom. The molecule has 0 saturated heterocycles. The van der Waals surface area contributed by atoms with Crippen LogP contribution >= 0.6 is 22.7 Å². The van der Waals surface area contributed by atoms with Crippen molar-refractivity contribution in [2.75, 3.05) is 12.4 Å². The third-order valence-electron chi connectivity index (χ3n) is 5.47. The molecule has 0 unspecified atom stereocenters. The molecule has 2 aromatic heterocycles. The van der Waals surface area contributed by atoms with Crippen LogP contribution in [0.2, 0.25) is 0 Å². The van der Waals surface area contributed by atoms with E-state index in [-0.39, 0.29) is 6.04 Å². The Bertz CT molecular complexity index is 1130. The summed E-state index contributed by atoms with van der Waals surface area (Å²) in [6.07, 6.45) is 4.24. The minimum absolute atomic E-state index is 0.113. The molecule has 0 radical (unpaired) electrons. The summed E-state index contributed by atoms with van der Waals surface area (Å²) in [4.78, 5) is 9.84. The van der Waals surface area contributed by atoms with Crippen LogP contribution in [0.4, 0.5) is 5.13 Å². The topological polar surface area (TPSA) is 47.0 Å². The van der Waals surface area contributed by atoms with Crippen LogP contribution in [0.1, 0.15) is 52.3 Å². The number of nitrogens with zero attached hydrogens (tertiary/aromatic N) is 2. The summed E-state index contributed by atoms with van der Waals surface area (Å²) in [5.74, 6) is 1.56. The number of aromatic nitrogens is 2. The van der Waals surface area contributed by atoms with Gasteiger partial charge < -0.3 is 10.1 Å². The lowest BCUT2D eigenvalue weighted by atomic mass is 10.0. The highest BCUT2D eigenvalue weighted by Crippen LogP contribution is 2.42. The van der Waals surface area contributed by atoms with E-state index in [4.69, 9.17) is 14.7 Å². The normalized spacial score (nSPS) is 14.4. The first-order valence-corrected chi connectivity index (χ1v) is 12.4. The number of rotatable bonds is 9. The lowest BCUT2D eigenvalue weighted by Crippen LogP contribution is -2.14. The highest BCUT2D eigenvalue weighted by Gasteiger charge is 2.28. The van der Waals surface area contributed by atoms with Crippen molar-refractivity contribution in [3.63, 3.8) is 0 Å². The van der Waals surface area contributed by atoms with Crippen molar-refractivity contribution in [3.05, 3.63) is 92.9 Å². The molecule has 1 N–H and O–H groups in total. The first-order valence-electron chi connectivity index (χ1n) is 10.6. The van der Waals surface area contributed by atoms with Crippen molar-refractivity contribution in [2.45, 2.75) is 37.6 Å². The third kappa shape index (κ3) is 5.14. The Labute approximate surface area is 191 Å². The summed E-state index contributed by atoms with van der Waals surface area (Å²) in [6.45, 7) is 0. The van der Waals surface area contributed by atoms with Crippen LogP contribution in [-0.4, -0.2) is 17.1 Å². The molecule has 1 fully saturated rings. The molecule has 0 bridgehead atoms. The van der Waals surface area contributed by atoms with E-state index in [2.05, 4.69) is 58.5 Å². The average molecular weight is 448 g/mol. The van der Waals surface area contributed by atoms with Gasteiger partial charge in [0.15, 0.2) is 5.13 Å². The van der Waals surface area contributed by atoms with E-state index in [0.717, 1.165) is 35.1 Å². The summed E-state index contributed by atoms with van der Waals surface area (Å²) in [6, 6.07) is 18.9. The van der Waals surface area contributed by atoms with Crippen LogP contribution in [-0.2, 0) is 12.8 Å². The second-order valence-corrected chi connectivity index (χ2v) is 9.69. The average Bonchev–Trinajstić information content (AvgIpc) is 3.37. The van der Waals surface area contributed by atoms with E-state index in [1.165, 1.54) is 29.0 Å². The molecule has 1 aliphatic carbocycles. The minimum Gasteiger partial charge on any atom is -0.497 e. The smallest absolute Gasteiger partial charge is 0.183 e. The van der Waals surface area contributed by atoms with Crippen molar-refractivity contribution < 1.29 is 4.74 Å². The quantitative estimate of drug-likeness (QED) is 0.319. The largest absolute Gasteiger partial charge is 0.497 e. The van der Waals surface area contributed by atoms with Crippen molar-refractivity contribution in [2.24, 2.45) is 0 Å². The number of ether oxygens (including phenoxy) is 1. The van der Waals surface area contributed by atoms with Gasteiger partial charge >= 0.3 is 0 Å². The van der Waals surface area contributed by atoms with E-state index in [0.29, 0.717) is 5.92 Å². The molecule has 0 amide bonds. The number of nitrogens with one attached hydrogen (secondary N) is 1. The van der Waals surface area contributed by atoms with Crippen LogP contribution in [0.5, 0.6) is 5.75 Å². The van der Waals surface area contributed by atoms with E-state index in [1.807, 2.05) is 12.1 Å². The number of benzene rings is 2. The fraction of sp³-hybridized carbons (Fsp3) is 0.280. The fourth-order valence-corrected chi connectivity index (χ4v) is 5.46. The SMILES string of the molecule is COc1cccc(Cc2csc(N[C@@H](Cc3ccccc3)c3csc(C4CC4)n3)n2)c1. The summed E-state index contributed by atoms with van der Waals surface area (Å²) in [7, 11) is 1.70. The molecule has 0 spiro atoms. The Morgan fingerprint density at radius 2 is 1.84 bits per heavy atom. The summed E-state index contributed by atoms with van der Waals surface area (Å²) < 4.78 is 5.34. The molecular weight excluding hydrogens is 422 g/mol. The Hall–Kier alpha value is -2.70. The zero-order valence-corrected chi connectivity index (χ0v) is 19.1. The molecule has 1 saturated carbocycles. The Morgan fingerprint density at radius 3 is 2.65 bits per heavy atom. The van der Waals surface area contributed by atoms with E-state index in [9.17, 15) is 0 Å². The second kappa shape index (κ2) is 9.20. The molecule has 4 nitrogen and oxygen atoms in total. The van der Waals surface area contributed by atoms with Crippen molar-refractivity contribution >= 4 is 27.8 Å². The van der Waals surface area contributed by atoms with Gasteiger partial charge in [0.1, 0.15) is 5.75 Å². The molecule has 6 heteroatoms. The second-order valence-electron chi connectivity index (χ2n) is 7.94. The van der Waals surface area contributed by atoms with Crippen molar-refractivity contribution in [3.8, 4) is 5.75 Å². The lowest BCUT2D eigenvalue weighted by molar-refractivity contribution is 0.414. The maximum absolute atomic E-state index is 5.34. The Kier molecular flexibility index (Phi) is 6.00. The van der Waals surface area contributed by atoms with Crippen LogP contribution in [0, 0.1) is 0 Å². The van der Waals surface area contributed by atoms with Crippen LogP contribution in [0.15, 0.2) is 65.4 Å². The van der Waals surface area contributed by atoms with E-state index >= 15 is 0 Å². The third-order valence-corrected chi connectivity index (χ3v) is 7.32. The van der Waals surface area contributed by atoms with Gasteiger partial charge in [0.25, 0.3) is 0 Å². The molecule has 4 aromatic rings. The molecule has 5 rings (SSSR count). The maximum Gasteiger partial charge on any atom is 0.183 e. The number of hydrogen-bond donors (Lipinski definition) is 1. The predicted molar refractivity (Wildman–Crippen MR) is 129 cm³/mol. The van der Waals surface area contributed by atoms with Crippen molar-refractivity contribution in [1.29, 1.82) is 0 Å². The molecule has 2 heterocycles. The van der Waals surface area contributed by atoms with Gasteiger partial charge in [-0.25, -0.2) is 9.97 Å². The van der Waals surface area contributed by atoms with Crippen LogP contribution < -0.4 is 10.1 Å². The van der Waals surface area contributed by atoms with E-state index < -0.39 is 0 Å². The predicted octanol–water partition coefficient (Wildman–Crippen LogP) is 6.47. The zero-order chi connectivity index (χ0) is 21.0. The number of hydrogen-bond acceptors (Lipinski definition) is 6. The van der Waals surface area contributed by atoms with Crippen LogP contribution in [0.3, 0.4) is 0 Å². The fourth-order valence-electron chi connectivity index (χ4n) is 3.65. The van der Waals surface area contributed by atoms with Gasteiger partial charge in [0.05, 0.1) is 29.5 Å².